The fourth-order valence-electron chi connectivity index (χ4n) is 6.57. The molecule has 6 rings (SSSR count). The second kappa shape index (κ2) is 6.93. The Morgan fingerprint density at radius 2 is 1.64 bits per heavy atom. The van der Waals surface area contributed by atoms with Crippen LogP contribution in [0.1, 0.15) is 77.1 Å². The van der Waals surface area contributed by atoms with Gasteiger partial charge in [0.25, 0.3) is 0 Å². The molecule has 3 saturated carbocycles. The third kappa shape index (κ3) is 4.07. The molecule has 9 nitrogen and oxygen atoms in total. The Labute approximate surface area is 196 Å². The number of urea groups is 1. The zero-order valence-corrected chi connectivity index (χ0v) is 20.8. The van der Waals surface area contributed by atoms with E-state index in [-0.39, 0.29) is 34.1 Å². The normalized spacial score (nSPS) is 26.6. The summed E-state index contributed by atoms with van der Waals surface area (Å²) in [5.41, 5.74) is 0.152. The lowest BCUT2D eigenvalue weighted by Gasteiger charge is -2.63. The maximum atomic E-state index is 12.9. The molecular weight excluding hydrogens is 440 g/mol. The SMILES string of the molecule is CC(C)(C)CS(=O)(=O)NC1CC2(C1)CN(C(=O)N1CC3(CC(n4cnc(C5CC5)n4)C3)C1)C2. The highest BCUT2D eigenvalue weighted by Gasteiger charge is 2.59. The van der Waals surface area contributed by atoms with Gasteiger partial charge in [-0.3, -0.25) is 0 Å². The zero-order chi connectivity index (χ0) is 23.2. The van der Waals surface area contributed by atoms with Gasteiger partial charge in [-0.25, -0.2) is 27.6 Å². The Hall–Kier alpha value is -1.68. The summed E-state index contributed by atoms with van der Waals surface area (Å²) in [6.45, 7) is 9.04. The maximum absolute atomic E-state index is 12.9. The molecule has 182 valence electrons. The fourth-order valence-corrected chi connectivity index (χ4v) is 8.47. The molecule has 2 amide bonds. The van der Waals surface area contributed by atoms with E-state index in [1.807, 2.05) is 41.6 Å². The Morgan fingerprint density at radius 3 is 2.18 bits per heavy atom. The minimum Gasteiger partial charge on any atom is -0.323 e. The molecule has 1 aromatic heterocycles. The molecule has 1 N–H and O–H groups in total. The monoisotopic (exact) mass is 476 g/mol. The third-order valence-electron chi connectivity index (χ3n) is 8.15. The number of nitrogens with one attached hydrogen (secondary N) is 1. The average molecular weight is 477 g/mol. The molecule has 33 heavy (non-hydrogen) atoms. The lowest BCUT2D eigenvalue weighted by atomic mass is 9.60. The van der Waals surface area contributed by atoms with Gasteiger partial charge >= 0.3 is 6.03 Å². The van der Waals surface area contributed by atoms with Gasteiger partial charge in [0.15, 0.2) is 5.82 Å². The summed E-state index contributed by atoms with van der Waals surface area (Å²) in [4.78, 5) is 21.3. The van der Waals surface area contributed by atoms with Crippen molar-refractivity contribution in [3.63, 3.8) is 0 Å². The van der Waals surface area contributed by atoms with E-state index >= 15 is 0 Å². The van der Waals surface area contributed by atoms with Crippen LogP contribution in [-0.2, 0) is 10.0 Å². The van der Waals surface area contributed by atoms with Gasteiger partial charge in [-0.05, 0) is 43.9 Å². The molecule has 3 heterocycles. The molecule has 2 aliphatic heterocycles. The standard InChI is InChI=1S/C23H36N6O3S/c1-21(2,3)14-33(31,32)26-17-6-22(7-17)10-27(11-22)20(30)28-12-23(13-28)8-18(9-23)29-15-24-19(25-29)16-4-5-16/h15-18,26H,4-14H2,1-3H3. The Kier molecular flexibility index (Phi) is 4.58. The molecule has 0 aromatic carbocycles. The van der Waals surface area contributed by atoms with Crippen LogP contribution in [0.25, 0.3) is 0 Å². The van der Waals surface area contributed by atoms with Crippen LogP contribution in [-0.4, -0.2) is 77.0 Å². The maximum Gasteiger partial charge on any atom is 0.320 e. The summed E-state index contributed by atoms with van der Waals surface area (Å²) < 4.78 is 29.6. The summed E-state index contributed by atoms with van der Waals surface area (Å²) >= 11 is 0. The van der Waals surface area contributed by atoms with Crippen LogP contribution in [0.2, 0.25) is 0 Å². The Bertz CT molecular complexity index is 1040. The molecule has 0 unspecified atom stereocenters. The first kappa shape index (κ1) is 21.8. The van der Waals surface area contributed by atoms with Gasteiger partial charge in [0.2, 0.25) is 10.0 Å². The molecule has 0 radical (unpaired) electrons. The molecular formula is C23H36N6O3S. The van der Waals surface area contributed by atoms with E-state index in [2.05, 4.69) is 14.8 Å². The summed E-state index contributed by atoms with van der Waals surface area (Å²) in [6.07, 6.45) is 8.19. The Morgan fingerprint density at radius 1 is 1.06 bits per heavy atom. The fraction of sp³-hybridized carbons (Fsp3) is 0.870. The second-order valence-electron chi connectivity index (χ2n) is 13.0. The minimum atomic E-state index is -3.25. The van der Waals surface area contributed by atoms with Crippen LogP contribution >= 0.6 is 0 Å². The summed E-state index contributed by atoms with van der Waals surface area (Å²) in [5.74, 6) is 1.74. The highest BCUT2D eigenvalue weighted by atomic mass is 32.2. The van der Waals surface area contributed by atoms with E-state index < -0.39 is 10.0 Å². The van der Waals surface area contributed by atoms with E-state index in [0.717, 1.165) is 57.7 Å². The van der Waals surface area contributed by atoms with Crippen LogP contribution < -0.4 is 4.72 Å². The van der Waals surface area contributed by atoms with Crippen molar-refractivity contribution in [2.45, 2.75) is 77.3 Å². The van der Waals surface area contributed by atoms with Crippen molar-refractivity contribution in [1.29, 1.82) is 0 Å². The molecule has 10 heteroatoms. The van der Waals surface area contributed by atoms with E-state index in [0.29, 0.717) is 12.0 Å². The van der Waals surface area contributed by atoms with Crippen molar-refractivity contribution < 1.29 is 13.2 Å². The van der Waals surface area contributed by atoms with E-state index in [1.165, 1.54) is 12.8 Å². The van der Waals surface area contributed by atoms with Gasteiger partial charge in [0.1, 0.15) is 6.33 Å². The molecule has 2 spiro atoms. The molecule has 0 atom stereocenters. The molecule has 0 bridgehead atoms. The summed E-state index contributed by atoms with van der Waals surface area (Å²) in [7, 11) is -3.25. The van der Waals surface area contributed by atoms with Crippen LogP contribution in [0, 0.1) is 16.2 Å². The first-order valence-corrected chi connectivity index (χ1v) is 14.0. The van der Waals surface area contributed by atoms with Crippen molar-refractivity contribution >= 4 is 16.1 Å². The number of carbonyl (C=O) groups is 1. The number of amides is 2. The van der Waals surface area contributed by atoms with Crippen molar-refractivity contribution in [1.82, 2.24) is 29.3 Å². The van der Waals surface area contributed by atoms with E-state index in [1.54, 1.807) is 0 Å². The van der Waals surface area contributed by atoms with Gasteiger partial charge in [-0.2, -0.15) is 5.10 Å². The third-order valence-corrected chi connectivity index (χ3v) is 10.1. The van der Waals surface area contributed by atoms with Gasteiger partial charge in [-0.15, -0.1) is 0 Å². The molecule has 2 saturated heterocycles. The number of aromatic nitrogens is 3. The predicted molar refractivity (Wildman–Crippen MR) is 123 cm³/mol. The van der Waals surface area contributed by atoms with E-state index in [4.69, 9.17) is 0 Å². The predicted octanol–water partition coefficient (Wildman–Crippen LogP) is 2.34. The van der Waals surface area contributed by atoms with Crippen LogP contribution in [0.4, 0.5) is 4.79 Å². The first-order valence-electron chi connectivity index (χ1n) is 12.4. The summed E-state index contributed by atoms with van der Waals surface area (Å²) in [5, 5.41) is 4.67. The van der Waals surface area contributed by atoms with Gasteiger partial charge in [0, 0.05) is 49.0 Å². The first-order chi connectivity index (χ1) is 15.4. The average Bonchev–Trinajstić information content (AvgIpc) is 3.29. The van der Waals surface area contributed by atoms with Crippen molar-refractivity contribution in [2.75, 3.05) is 31.9 Å². The smallest absolute Gasteiger partial charge is 0.320 e. The highest BCUT2D eigenvalue weighted by molar-refractivity contribution is 7.89. The topological polar surface area (TPSA) is 100 Å². The number of sulfonamides is 1. The van der Waals surface area contributed by atoms with Gasteiger partial charge < -0.3 is 9.80 Å². The minimum absolute atomic E-state index is 0.0195. The van der Waals surface area contributed by atoms with Crippen LogP contribution in [0.3, 0.4) is 0 Å². The number of nitrogens with zero attached hydrogens (tertiary/aromatic N) is 5. The Balaban J connectivity index is 0.921. The van der Waals surface area contributed by atoms with Crippen LogP contribution in [0.5, 0.6) is 0 Å². The largest absolute Gasteiger partial charge is 0.323 e. The lowest BCUT2D eigenvalue weighted by molar-refractivity contribution is -0.0988. The molecule has 5 fully saturated rings. The number of rotatable bonds is 5. The lowest BCUT2D eigenvalue weighted by Crippen LogP contribution is -2.72. The quantitative estimate of drug-likeness (QED) is 0.703. The number of hydrogen-bond donors (Lipinski definition) is 1. The van der Waals surface area contributed by atoms with Gasteiger partial charge in [0.05, 0.1) is 11.8 Å². The van der Waals surface area contributed by atoms with E-state index in [9.17, 15) is 13.2 Å². The zero-order valence-electron chi connectivity index (χ0n) is 20.0. The number of likely N-dealkylation sites (tertiary alicyclic amines) is 2. The van der Waals surface area contributed by atoms with Crippen molar-refractivity contribution in [2.24, 2.45) is 16.2 Å². The highest BCUT2D eigenvalue weighted by Crippen LogP contribution is 2.55. The van der Waals surface area contributed by atoms with Crippen molar-refractivity contribution in [3.05, 3.63) is 12.2 Å². The summed E-state index contributed by atoms with van der Waals surface area (Å²) in [6, 6.07) is 0.609. The van der Waals surface area contributed by atoms with Crippen LogP contribution in [0.15, 0.2) is 6.33 Å². The molecule has 1 aromatic rings. The molecule has 5 aliphatic rings. The van der Waals surface area contributed by atoms with Gasteiger partial charge in [-0.1, -0.05) is 20.8 Å². The number of hydrogen-bond acceptors (Lipinski definition) is 5. The van der Waals surface area contributed by atoms with Crippen molar-refractivity contribution in [3.8, 4) is 0 Å². The second-order valence-corrected chi connectivity index (χ2v) is 14.7. The molecule has 3 aliphatic carbocycles. The number of carbonyl (C=O) groups excluding carboxylic acids is 1.